The number of imide groups is 1. The van der Waals surface area contributed by atoms with Crippen molar-refractivity contribution in [1.29, 1.82) is 0 Å². The number of carbonyl (C=O) groups excluding carboxylic acids is 3. The Morgan fingerprint density at radius 2 is 1.71 bits per heavy atom. The maximum atomic E-state index is 12.7. The number of pyridine rings is 1. The molecule has 1 aromatic carbocycles. The summed E-state index contributed by atoms with van der Waals surface area (Å²) in [6.45, 7) is 4.47. The molecule has 3 N–H and O–H groups in total. The van der Waals surface area contributed by atoms with Crippen molar-refractivity contribution in [2.45, 2.75) is 38.8 Å². The van der Waals surface area contributed by atoms with E-state index in [2.05, 4.69) is 10.3 Å². The van der Waals surface area contributed by atoms with E-state index in [0.29, 0.717) is 17.7 Å². The van der Waals surface area contributed by atoms with Gasteiger partial charge in [0.1, 0.15) is 0 Å². The van der Waals surface area contributed by atoms with E-state index in [0.717, 1.165) is 18.4 Å². The molecule has 0 bridgehead atoms. The zero-order valence-corrected chi connectivity index (χ0v) is 16.1. The number of nitrogens with two attached hydrogens (primary N) is 1. The lowest BCUT2D eigenvalue weighted by Crippen LogP contribution is -2.49. The van der Waals surface area contributed by atoms with Crippen molar-refractivity contribution in [3.8, 4) is 0 Å². The minimum absolute atomic E-state index is 0.166. The second-order valence-electron chi connectivity index (χ2n) is 7.06. The van der Waals surface area contributed by atoms with Gasteiger partial charge in [0.25, 0.3) is 17.7 Å². The lowest BCUT2D eigenvalue weighted by Gasteiger charge is -2.26. The molecule has 0 atom stereocenters. The summed E-state index contributed by atoms with van der Waals surface area (Å²) in [5.74, 6) is -1.07. The summed E-state index contributed by atoms with van der Waals surface area (Å²) in [7, 11) is 0. The van der Waals surface area contributed by atoms with Crippen LogP contribution in [0.25, 0.3) is 0 Å². The monoisotopic (exact) mass is 380 g/mol. The molecule has 0 radical (unpaired) electrons. The molecule has 3 rings (SSSR count). The van der Waals surface area contributed by atoms with Crippen LogP contribution in [0.2, 0.25) is 0 Å². The molecular weight excluding hydrogens is 356 g/mol. The Kier molecular flexibility index (Phi) is 5.56. The first-order valence-corrected chi connectivity index (χ1v) is 9.34. The standard InChI is InChI=1S/C21H24N4O3/c1-3-21(22,4-2)13-24-18(26)15-5-6-16-17(11-15)20(28)25(19(16)27)12-14-7-9-23-10-8-14/h5-11H,3-4,12-13,22H2,1-2H3,(H,24,26). The molecule has 0 spiro atoms. The lowest BCUT2D eigenvalue weighted by atomic mass is 9.94. The number of hydrogen-bond donors (Lipinski definition) is 2. The Hall–Kier alpha value is -3.06. The quantitative estimate of drug-likeness (QED) is 0.716. The van der Waals surface area contributed by atoms with Crippen LogP contribution in [0, 0.1) is 0 Å². The molecular formula is C21H24N4O3. The number of fused-ring (bicyclic) bond motifs is 1. The van der Waals surface area contributed by atoms with E-state index >= 15 is 0 Å². The molecule has 7 nitrogen and oxygen atoms in total. The highest BCUT2D eigenvalue weighted by Gasteiger charge is 2.36. The van der Waals surface area contributed by atoms with Gasteiger partial charge in [-0.05, 0) is 48.7 Å². The molecule has 3 amide bonds. The van der Waals surface area contributed by atoms with Crippen LogP contribution in [0.15, 0.2) is 42.7 Å². The Morgan fingerprint density at radius 1 is 1.07 bits per heavy atom. The highest BCUT2D eigenvalue weighted by Crippen LogP contribution is 2.25. The molecule has 0 aliphatic carbocycles. The van der Waals surface area contributed by atoms with Gasteiger partial charge in [0.05, 0.1) is 17.7 Å². The van der Waals surface area contributed by atoms with Gasteiger partial charge in [0, 0.05) is 30.0 Å². The fourth-order valence-electron chi connectivity index (χ4n) is 3.10. The fourth-order valence-corrected chi connectivity index (χ4v) is 3.10. The van der Waals surface area contributed by atoms with Crippen molar-refractivity contribution >= 4 is 17.7 Å². The van der Waals surface area contributed by atoms with E-state index in [1.165, 1.54) is 17.0 Å². The van der Waals surface area contributed by atoms with Crippen molar-refractivity contribution < 1.29 is 14.4 Å². The topological polar surface area (TPSA) is 105 Å². The van der Waals surface area contributed by atoms with E-state index in [4.69, 9.17) is 5.73 Å². The summed E-state index contributed by atoms with van der Waals surface area (Å²) < 4.78 is 0. The van der Waals surface area contributed by atoms with Gasteiger partial charge in [-0.3, -0.25) is 24.3 Å². The van der Waals surface area contributed by atoms with Gasteiger partial charge >= 0.3 is 0 Å². The summed E-state index contributed by atoms with van der Waals surface area (Å²) in [5.41, 5.74) is 7.46. The number of carbonyl (C=O) groups is 3. The number of benzene rings is 1. The van der Waals surface area contributed by atoms with Crippen LogP contribution >= 0.6 is 0 Å². The number of nitrogens with one attached hydrogen (secondary N) is 1. The number of amides is 3. The highest BCUT2D eigenvalue weighted by atomic mass is 16.2. The SMILES string of the molecule is CCC(N)(CC)CNC(=O)c1ccc2c(c1)C(=O)N(Cc1ccncc1)C2=O. The summed E-state index contributed by atoms with van der Waals surface area (Å²) in [6.07, 6.45) is 4.70. The molecule has 0 unspecified atom stereocenters. The van der Waals surface area contributed by atoms with Crippen LogP contribution in [0.3, 0.4) is 0 Å². The fraction of sp³-hybridized carbons (Fsp3) is 0.333. The first kappa shape index (κ1) is 19.7. The number of hydrogen-bond acceptors (Lipinski definition) is 5. The van der Waals surface area contributed by atoms with Crippen LogP contribution in [-0.4, -0.2) is 39.7 Å². The molecule has 2 heterocycles. The predicted octanol–water partition coefficient (Wildman–Crippen LogP) is 2.13. The number of aromatic nitrogens is 1. The summed E-state index contributed by atoms with van der Waals surface area (Å²) in [4.78, 5) is 42.9. The smallest absolute Gasteiger partial charge is 0.261 e. The molecule has 7 heteroatoms. The van der Waals surface area contributed by atoms with Crippen molar-refractivity contribution in [2.75, 3.05) is 6.54 Å². The van der Waals surface area contributed by atoms with Gasteiger partial charge in [0.15, 0.2) is 0 Å². The van der Waals surface area contributed by atoms with Gasteiger partial charge in [-0.15, -0.1) is 0 Å². The summed E-state index contributed by atoms with van der Waals surface area (Å²) in [5, 5.41) is 2.83. The second kappa shape index (κ2) is 7.90. The Bertz CT molecular complexity index is 907. The zero-order chi connectivity index (χ0) is 20.3. The average molecular weight is 380 g/mol. The van der Waals surface area contributed by atoms with E-state index in [9.17, 15) is 14.4 Å². The Morgan fingerprint density at radius 3 is 2.36 bits per heavy atom. The molecule has 0 fully saturated rings. The van der Waals surface area contributed by atoms with Gasteiger partial charge in [-0.25, -0.2) is 0 Å². The predicted molar refractivity (Wildman–Crippen MR) is 105 cm³/mol. The molecule has 0 saturated heterocycles. The first-order chi connectivity index (χ1) is 13.4. The van der Waals surface area contributed by atoms with Crippen LogP contribution in [-0.2, 0) is 6.54 Å². The maximum absolute atomic E-state index is 12.7. The second-order valence-corrected chi connectivity index (χ2v) is 7.06. The van der Waals surface area contributed by atoms with Gasteiger partial charge < -0.3 is 11.1 Å². The molecule has 2 aromatic rings. The van der Waals surface area contributed by atoms with Crippen LogP contribution in [0.1, 0.15) is 63.3 Å². The van der Waals surface area contributed by atoms with Crippen LogP contribution < -0.4 is 11.1 Å². The van der Waals surface area contributed by atoms with Gasteiger partial charge in [-0.1, -0.05) is 13.8 Å². The normalized spacial score (nSPS) is 13.6. The Labute approximate surface area is 163 Å². The minimum Gasteiger partial charge on any atom is -0.350 e. The summed E-state index contributed by atoms with van der Waals surface area (Å²) in [6, 6.07) is 8.08. The first-order valence-electron chi connectivity index (χ1n) is 9.34. The van der Waals surface area contributed by atoms with Crippen molar-refractivity contribution in [3.63, 3.8) is 0 Å². The number of nitrogens with zero attached hydrogens (tertiary/aromatic N) is 2. The highest BCUT2D eigenvalue weighted by molar-refractivity contribution is 6.22. The van der Waals surface area contributed by atoms with Gasteiger partial charge in [-0.2, -0.15) is 0 Å². The average Bonchev–Trinajstić information content (AvgIpc) is 2.97. The van der Waals surface area contributed by atoms with Crippen LogP contribution in [0.5, 0.6) is 0 Å². The summed E-state index contributed by atoms with van der Waals surface area (Å²) >= 11 is 0. The zero-order valence-electron chi connectivity index (χ0n) is 16.1. The van der Waals surface area contributed by atoms with E-state index in [1.807, 2.05) is 13.8 Å². The third-order valence-corrected chi connectivity index (χ3v) is 5.33. The van der Waals surface area contributed by atoms with Crippen molar-refractivity contribution in [3.05, 3.63) is 65.0 Å². The third-order valence-electron chi connectivity index (χ3n) is 5.33. The molecule has 0 saturated carbocycles. The molecule has 1 aromatic heterocycles. The third kappa shape index (κ3) is 3.80. The molecule has 1 aliphatic heterocycles. The molecule has 1 aliphatic rings. The molecule has 146 valence electrons. The largest absolute Gasteiger partial charge is 0.350 e. The number of rotatable bonds is 7. The van der Waals surface area contributed by atoms with Crippen molar-refractivity contribution in [1.82, 2.24) is 15.2 Å². The lowest BCUT2D eigenvalue weighted by molar-refractivity contribution is 0.0642. The van der Waals surface area contributed by atoms with E-state index in [1.54, 1.807) is 30.6 Å². The van der Waals surface area contributed by atoms with E-state index < -0.39 is 11.4 Å². The molecule has 28 heavy (non-hydrogen) atoms. The Balaban J connectivity index is 1.77. The van der Waals surface area contributed by atoms with Crippen molar-refractivity contribution in [2.24, 2.45) is 5.73 Å². The van der Waals surface area contributed by atoms with Crippen LogP contribution in [0.4, 0.5) is 0 Å². The van der Waals surface area contributed by atoms with Gasteiger partial charge in [0.2, 0.25) is 0 Å². The maximum Gasteiger partial charge on any atom is 0.261 e. The minimum atomic E-state index is -0.459. The van der Waals surface area contributed by atoms with E-state index in [-0.39, 0.29) is 23.9 Å².